The van der Waals surface area contributed by atoms with Gasteiger partial charge in [0.15, 0.2) is 0 Å². The molecular weight excluding hydrogens is 392 g/mol. The highest BCUT2D eigenvalue weighted by Gasteiger charge is 2.13. The monoisotopic (exact) mass is 424 g/mol. The molecule has 0 atom stereocenters. The lowest BCUT2D eigenvalue weighted by molar-refractivity contribution is -0.119. The minimum Gasteiger partial charge on any atom is -0.497 e. The topological polar surface area (TPSA) is 73.9 Å². The molecule has 1 aliphatic heterocycles. The van der Waals surface area contributed by atoms with Crippen LogP contribution in [0, 0.1) is 0 Å². The van der Waals surface area contributed by atoms with Crippen molar-refractivity contribution < 1.29 is 14.3 Å². The van der Waals surface area contributed by atoms with E-state index in [-0.39, 0.29) is 24.9 Å². The zero-order valence-corrected chi connectivity index (χ0v) is 18.4. The molecule has 0 aliphatic carbocycles. The molecule has 2 aromatic carbocycles. The zero-order valence-electron chi connectivity index (χ0n) is 18.4. The number of amides is 2. The SMILES string of the molecule is COc1cccc(NC(=O)CN(C)CC(=O)Nc2ccc(N3CCCCCC3)cc2)c1. The minimum atomic E-state index is -0.189. The Morgan fingerprint density at radius 1 is 0.903 bits per heavy atom. The first-order valence-corrected chi connectivity index (χ1v) is 10.8. The van der Waals surface area contributed by atoms with Gasteiger partial charge in [0.25, 0.3) is 0 Å². The average Bonchev–Trinajstić information content (AvgIpc) is 3.03. The second kappa shape index (κ2) is 11.4. The summed E-state index contributed by atoms with van der Waals surface area (Å²) in [7, 11) is 3.32. The van der Waals surface area contributed by atoms with Gasteiger partial charge < -0.3 is 20.3 Å². The molecule has 0 saturated carbocycles. The van der Waals surface area contributed by atoms with Gasteiger partial charge in [-0.15, -0.1) is 0 Å². The highest BCUT2D eigenvalue weighted by molar-refractivity contribution is 5.94. The van der Waals surface area contributed by atoms with Crippen LogP contribution in [0.15, 0.2) is 48.5 Å². The number of rotatable bonds is 8. The van der Waals surface area contributed by atoms with Gasteiger partial charge in [-0.1, -0.05) is 18.9 Å². The fourth-order valence-corrected chi connectivity index (χ4v) is 3.73. The molecule has 2 amide bonds. The molecular formula is C24H32N4O3. The van der Waals surface area contributed by atoms with Crippen LogP contribution in [-0.4, -0.2) is 57.1 Å². The highest BCUT2D eigenvalue weighted by atomic mass is 16.5. The van der Waals surface area contributed by atoms with Gasteiger partial charge in [-0.25, -0.2) is 0 Å². The van der Waals surface area contributed by atoms with Crippen molar-refractivity contribution in [3.05, 3.63) is 48.5 Å². The van der Waals surface area contributed by atoms with Crippen LogP contribution in [0.2, 0.25) is 0 Å². The van der Waals surface area contributed by atoms with E-state index in [1.165, 1.54) is 31.4 Å². The molecule has 0 aromatic heterocycles. The summed E-state index contributed by atoms with van der Waals surface area (Å²) >= 11 is 0. The van der Waals surface area contributed by atoms with Crippen molar-refractivity contribution in [2.24, 2.45) is 0 Å². The van der Waals surface area contributed by atoms with Crippen molar-refractivity contribution >= 4 is 28.9 Å². The fraction of sp³-hybridized carbons (Fsp3) is 0.417. The molecule has 2 N–H and O–H groups in total. The Labute approximate surface area is 184 Å². The zero-order chi connectivity index (χ0) is 22.1. The number of carbonyl (C=O) groups excluding carboxylic acids is 2. The number of ether oxygens (including phenoxy) is 1. The second-order valence-electron chi connectivity index (χ2n) is 7.95. The fourth-order valence-electron chi connectivity index (χ4n) is 3.73. The van der Waals surface area contributed by atoms with Gasteiger partial charge in [-0.2, -0.15) is 0 Å². The summed E-state index contributed by atoms with van der Waals surface area (Å²) in [5, 5.41) is 5.72. The summed E-state index contributed by atoms with van der Waals surface area (Å²) in [5.41, 5.74) is 2.62. The molecule has 1 aliphatic rings. The van der Waals surface area contributed by atoms with Crippen LogP contribution in [0.3, 0.4) is 0 Å². The van der Waals surface area contributed by atoms with Crippen molar-refractivity contribution in [2.75, 3.05) is 55.9 Å². The molecule has 1 heterocycles. The van der Waals surface area contributed by atoms with Gasteiger partial charge in [-0.3, -0.25) is 14.5 Å². The first kappa shape index (κ1) is 22.6. The standard InChI is InChI=1S/C24H32N4O3/c1-27(18-24(30)26-20-8-7-9-22(16-20)31-2)17-23(29)25-19-10-12-21(13-11-19)28-14-5-3-4-6-15-28/h7-13,16H,3-6,14-15,17-18H2,1-2H3,(H,25,29)(H,26,30). The number of benzene rings is 2. The molecule has 0 radical (unpaired) electrons. The molecule has 31 heavy (non-hydrogen) atoms. The van der Waals surface area contributed by atoms with Gasteiger partial charge >= 0.3 is 0 Å². The predicted octanol–water partition coefficient (Wildman–Crippen LogP) is 3.58. The van der Waals surface area contributed by atoms with Crippen molar-refractivity contribution in [3.63, 3.8) is 0 Å². The first-order valence-electron chi connectivity index (χ1n) is 10.8. The number of likely N-dealkylation sites (N-methyl/N-ethyl adjacent to an activating group) is 1. The molecule has 0 spiro atoms. The van der Waals surface area contributed by atoms with E-state index in [0.717, 1.165) is 18.8 Å². The number of carbonyl (C=O) groups is 2. The third-order valence-corrected chi connectivity index (χ3v) is 5.30. The average molecular weight is 425 g/mol. The maximum Gasteiger partial charge on any atom is 0.238 e. The summed E-state index contributed by atoms with van der Waals surface area (Å²) < 4.78 is 5.16. The number of methoxy groups -OCH3 is 1. The number of anilines is 3. The van der Waals surface area contributed by atoms with Crippen LogP contribution in [0.1, 0.15) is 25.7 Å². The van der Waals surface area contributed by atoms with Gasteiger partial charge in [-0.05, 0) is 56.3 Å². The van der Waals surface area contributed by atoms with E-state index in [1.807, 2.05) is 24.3 Å². The van der Waals surface area contributed by atoms with Crippen LogP contribution in [0.5, 0.6) is 5.75 Å². The lowest BCUT2D eigenvalue weighted by atomic mass is 10.2. The lowest BCUT2D eigenvalue weighted by Gasteiger charge is -2.23. The molecule has 1 fully saturated rings. The Balaban J connectivity index is 1.44. The van der Waals surface area contributed by atoms with E-state index in [9.17, 15) is 9.59 Å². The van der Waals surface area contributed by atoms with E-state index in [4.69, 9.17) is 4.74 Å². The maximum absolute atomic E-state index is 12.4. The van der Waals surface area contributed by atoms with E-state index in [1.54, 1.807) is 31.2 Å². The summed E-state index contributed by atoms with van der Waals surface area (Å²) in [5.74, 6) is 0.331. The molecule has 0 bridgehead atoms. The maximum atomic E-state index is 12.4. The van der Waals surface area contributed by atoms with Crippen LogP contribution in [-0.2, 0) is 9.59 Å². The third kappa shape index (κ3) is 7.29. The molecule has 166 valence electrons. The van der Waals surface area contributed by atoms with Crippen molar-refractivity contribution in [1.29, 1.82) is 0 Å². The minimum absolute atomic E-state index is 0.110. The Morgan fingerprint density at radius 2 is 1.52 bits per heavy atom. The summed E-state index contributed by atoms with van der Waals surface area (Å²) in [6.07, 6.45) is 5.07. The molecule has 3 rings (SSSR count). The van der Waals surface area contributed by atoms with E-state index >= 15 is 0 Å². The van der Waals surface area contributed by atoms with Crippen LogP contribution >= 0.6 is 0 Å². The molecule has 1 saturated heterocycles. The summed E-state index contributed by atoms with van der Waals surface area (Å²) in [6, 6.07) is 15.2. The van der Waals surface area contributed by atoms with Gasteiger partial charge in [0.05, 0.1) is 20.2 Å². The second-order valence-corrected chi connectivity index (χ2v) is 7.95. The largest absolute Gasteiger partial charge is 0.497 e. The number of hydrogen-bond donors (Lipinski definition) is 2. The predicted molar refractivity (Wildman–Crippen MR) is 125 cm³/mol. The van der Waals surface area contributed by atoms with E-state index in [2.05, 4.69) is 27.7 Å². The van der Waals surface area contributed by atoms with Gasteiger partial charge in [0.1, 0.15) is 5.75 Å². The Kier molecular flexibility index (Phi) is 8.29. The lowest BCUT2D eigenvalue weighted by Crippen LogP contribution is -2.36. The Morgan fingerprint density at radius 3 is 2.13 bits per heavy atom. The van der Waals surface area contributed by atoms with E-state index < -0.39 is 0 Å². The Bertz CT molecular complexity index is 861. The van der Waals surface area contributed by atoms with Crippen molar-refractivity contribution in [3.8, 4) is 5.75 Å². The van der Waals surface area contributed by atoms with Crippen molar-refractivity contribution in [1.82, 2.24) is 4.90 Å². The molecule has 0 unspecified atom stereocenters. The van der Waals surface area contributed by atoms with Crippen LogP contribution in [0.4, 0.5) is 17.1 Å². The number of hydrogen-bond acceptors (Lipinski definition) is 5. The first-order chi connectivity index (χ1) is 15.0. The number of nitrogens with one attached hydrogen (secondary N) is 2. The van der Waals surface area contributed by atoms with E-state index in [0.29, 0.717) is 11.4 Å². The smallest absolute Gasteiger partial charge is 0.238 e. The van der Waals surface area contributed by atoms with Crippen molar-refractivity contribution in [2.45, 2.75) is 25.7 Å². The summed E-state index contributed by atoms with van der Waals surface area (Å²) in [6.45, 7) is 2.42. The Hall–Kier alpha value is -3.06. The summed E-state index contributed by atoms with van der Waals surface area (Å²) in [4.78, 5) is 28.7. The molecule has 7 nitrogen and oxygen atoms in total. The normalized spacial score (nSPS) is 14.1. The molecule has 2 aromatic rings. The quantitative estimate of drug-likeness (QED) is 0.678. The number of nitrogens with zero attached hydrogens (tertiary/aromatic N) is 2. The molecule has 7 heteroatoms. The van der Waals surface area contributed by atoms with Gasteiger partial charge in [0, 0.05) is 36.2 Å². The van der Waals surface area contributed by atoms with Crippen LogP contribution in [0.25, 0.3) is 0 Å². The van der Waals surface area contributed by atoms with Gasteiger partial charge in [0.2, 0.25) is 11.8 Å². The highest BCUT2D eigenvalue weighted by Crippen LogP contribution is 2.21. The third-order valence-electron chi connectivity index (χ3n) is 5.30. The van der Waals surface area contributed by atoms with Crippen LogP contribution < -0.4 is 20.3 Å².